The zero-order valence-electron chi connectivity index (χ0n) is 19.9. The summed E-state index contributed by atoms with van der Waals surface area (Å²) in [5, 5.41) is 22.0. The van der Waals surface area contributed by atoms with Crippen LogP contribution in [0.25, 0.3) is 22.1 Å². The second-order valence-electron chi connectivity index (χ2n) is 9.10. The number of imidazole rings is 1. The van der Waals surface area contributed by atoms with E-state index in [0.29, 0.717) is 28.9 Å². The lowest BCUT2D eigenvalue weighted by Crippen LogP contribution is -2.09. The van der Waals surface area contributed by atoms with Crippen molar-refractivity contribution in [1.82, 2.24) is 9.55 Å². The molecule has 0 radical (unpaired) electrons. The Morgan fingerprint density at radius 3 is 2.68 bits per heavy atom. The van der Waals surface area contributed by atoms with Gasteiger partial charge in [0.15, 0.2) is 5.15 Å². The Morgan fingerprint density at radius 2 is 1.97 bits per heavy atom. The van der Waals surface area contributed by atoms with Gasteiger partial charge in [-0.25, -0.2) is 4.98 Å². The highest BCUT2D eigenvalue weighted by atomic mass is 35.5. The molecule has 1 N–H and O–H groups in total. The molecule has 0 aliphatic heterocycles. The molecule has 0 bridgehead atoms. The van der Waals surface area contributed by atoms with Crippen LogP contribution in [0.3, 0.4) is 0 Å². The number of aliphatic hydroxyl groups is 1. The molecule has 0 spiro atoms. The van der Waals surface area contributed by atoms with Gasteiger partial charge in [-0.2, -0.15) is 5.26 Å². The Kier molecular flexibility index (Phi) is 7.41. The van der Waals surface area contributed by atoms with Crippen molar-refractivity contribution in [2.45, 2.75) is 59.6 Å². The first-order chi connectivity index (χ1) is 16.5. The van der Waals surface area contributed by atoms with Gasteiger partial charge in [0.2, 0.25) is 0 Å². The van der Waals surface area contributed by atoms with Crippen molar-refractivity contribution in [2.75, 3.05) is 0 Å². The number of unbranched alkanes of at least 4 members (excludes halogenated alkanes) is 1. The Bertz CT molecular complexity index is 1340. The molecule has 0 saturated heterocycles. The Balaban J connectivity index is 1.81. The van der Waals surface area contributed by atoms with Crippen molar-refractivity contribution in [3.05, 3.63) is 76.0 Å². The molecule has 0 aliphatic rings. The quantitative estimate of drug-likeness (QED) is 0.285. The number of nitriles is 1. The van der Waals surface area contributed by atoms with E-state index in [2.05, 4.69) is 50.0 Å². The van der Waals surface area contributed by atoms with E-state index < -0.39 is 0 Å². The fourth-order valence-corrected chi connectivity index (χ4v) is 4.66. The maximum atomic E-state index is 9.92. The molecule has 2 heterocycles. The number of hydrogen-bond acceptors (Lipinski definition) is 4. The summed E-state index contributed by atoms with van der Waals surface area (Å²) < 4.78 is 8.44. The first-order valence-corrected chi connectivity index (χ1v) is 12.2. The summed E-state index contributed by atoms with van der Waals surface area (Å²) in [6, 6.07) is 16.1. The molecule has 0 amide bonds. The third-order valence-corrected chi connectivity index (χ3v) is 6.39. The van der Waals surface area contributed by atoms with Crippen molar-refractivity contribution in [3.8, 4) is 17.4 Å². The fourth-order valence-electron chi connectivity index (χ4n) is 4.40. The maximum Gasteiger partial charge on any atom is 0.152 e. The molecule has 4 aromatic rings. The third-order valence-electron chi connectivity index (χ3n) is 6.09. The van der Waals surface area contributed by atoms with Crippen LogP contribution in [0.2, 0.25) is 5.15 Å². The number of benzene rings is 2. The SMILES string of the molecule is CCCCc1nc(Cl)c(CO)n1Cc1ccc2c(-c3ccccc3C#N)oc(CC(C)C)c2c1. The summed E-state index contributed by atoms with van der Waals surface area (Å²) in [7, 11) is 0. The predicted molar refractivity (Wildman–Crippen MR) is 136 cm³/mol. The molecule has 4 rings (SSSR count). The molecule has 176 valence electrons. The number of aryl methyl sites for hydroxylation is 1. The number of fused-ring (bicyclic) bond motifs is 1. The van der Waals surface area contributed by atoms with Gasteiger partial charge in [-0.1, -0.05) is 63.1 Å². The van der Waals surface area contributed by atoms with Crippen LogP contribution >= 0.6 is 11.6 Å². The van der Waals surface area contributed by atoms with E-state index in [9.17, 15) is 10.4 Å². The Labute approximate surface area is 205 Å². The standard InChI is InChI=1S/C28H30ClN3O2/c1-4-5-10-26-31-28(29)24(17-33)32(26)16-19-11-12-22-23(14-19)25(13-18(2)3)34-27(22)21-9-7-6-8-20(21)15-30/h6-9,11-12,14,18,33H,4-5,10,13,16-17H2,1-3H3. The van der Waals surface area contributed by atoms with Crippen molar-refractivity contribution >= 4 is 22.4 Å². The summed E-state index contributed by atoms with van der Waals surface area (Å²) in [6.07, 6.45) is 3.69. The smallest absolute Gasteiger partial charge is 0.152 e. The highest BCUT2D eigenvalue weighted by Gasteiger charge is 2.20. The summed E-state index contributed by atoms with van der Waals surface area (Å²) in [4.78, 5) is 4.52. The minimum atomic E-state index is -0.153. The normalized spacial score (nSPS) is 11.4. The Morgan fingerprint density at radius 1 is 1.18 bits per heavy atom. The predicted octanol–water partition coefficient (Wildman–Crippen LogP) is 6.90. The van der Waals surface area contributed by atoms with Gasteiger partial charge >= 0.3 is 0 Å². The molecule has 34 heavy (non-hydrogen) atoms. The van der Waals surface area contributed by atoms with E-state index in [1.807, 2.05) is 28.8 Å². The zero-order chi connectivity index (χ0) is 24.2. The molecule has 5 nitrogen and oxygen atoms in total. The maximum absolute atomic E-state index is 9.92. The van der Waals surface area contributed by atoms with Gasteiger partial charge < -0.3 is 14.1 Å². The summed E-state index contributed by atoms with van der Waals surface area (Å²) >= 11 is 6.34. The van der Waals surface area contributed by atoms with Crippen molar-refractivity contribution in [3.63, 3.8) is 0 Å². The average molecular weight is 476 g/mol. The summed E-state index contributed by atoms with van der Waals surface area (Å²) in [6.45, 7) is 6.90. The van der Waals surface area contributed by atoms with Gasteiger partial charge in [0, 0.05) is 35.7 Å². The van der Waals surface area contributed by atoms with Gasteiger partial charge in [0.25, 0.3) is 0 Å². The van der Waals surface area contributed by atoms with Gasteiger partial charge in [-0.05, 0) is 36.1 Å². The molecular formula is C28H30ClN3O2. The molecule has 0 unspecified atom stereocenters. The molecule has 0 aliphatic carbocycles. The number of furan rings is 1. The van der Waals surface area contributed by atoms with Crippen LogP contribution in [0.15, 0.2) is 46.9 Å². The number of nitrogens with zero attached hydrogens (tertiary/aromatic N) is 3. The topological polar surface area (TPSA) is 75.0 Å². The molecular weight excluding hydrogens is 446 g/mol. The van der Waals surface area contributed by atoms with E-state index in [-0.39, 0.29) is 6.61 Å². The van der Waals surface area contributed by atoms with Gasteiger partial charge in [0.05, 0.1) is 23.9 Å². The second-order valence-corrected chi connectivity index (χ2v) is 9.46. The van der Waals surface area contributed by atoms with Crippen LogP contribution in [0.4, 0.5) is 0 Å². The Hall–Kier alpha value is -3.07. The van der Waals surface area contributed by atoms with Crippen molar-refractivity contribution < 1.29 is 9.52 Å². The minimum absolute atomic E-state index is 0.153. The van der Waals surface area contributed by atoms with Gasteiger partial charge in [0.1, 0.15) is 17.3 Å². The zero-order valence-corrected chi connectivity index (χ0v) is 20.7. The minimum Gasteiger partial charge on any atom is -0.460 e. The second kappa shape index (κ2) is 10.5. The average Bonchev–Trinajstić information content (AvgIpc) is 3.33. The van der Waals surface area contributed by atoms with Crippen LogP contribution in [0.5, 0.6) is 0 Å². The molecule has 6 heteroatoms. The lowest BCUT2D eigenvalue weighted by molar-refractivity contribution is 0.271. The van der Waals surface area contributed by atoms with Crippen LogP contribution in [-0.4, -0.2) is 14.7 Å². The largest absolute Gasteiger partial charge is 0.460 e. The molecule has 0 fully saturated rings. The number of halogens is 1. The van der Waals surface area contributed by atoms with Gasteiger partial charge in [-0.15, -0.1) is 0 Å². The lowest BCUT2D eigenvalue weighted by atomic mass is 9.99. The fraction of sp³-hybridized carbons (Fsp3) is 0.357. The molecule has 2 aromatic heterocycles. The van der Waals surface area contributed by atoms with Crippen LogP contribution in [0.1, 0.15) is 62.0 Å². The van der Waals surface area contributed by atoms with E-state index in [4.69, 9.17) is 16.0 Å². The molecule has 0 atom stereocenters. The summed E-state index contributed by atoms with van der Waals surface area (Å²) in [5.41, 5.74) is 3.13. The van der Waals surface area contributed by atoms with Gasteiger partial charge in [-0.3, -0.25) is 0 Å². The van der Waals surface area contributed by atoms with E-state index in [1.54, 1.807) is 0 Å². The third kappa shape index (κ3) is 4.75. The lowest BCUT2D eigenvalue weighted by Gasteiger charge is -2.12. The molecule has 2 aromatic carbocycles. The van der Waals surface area contributed by atoms with E-state index in [1.165, 1.54) is 0 Å². The van der Waals surface area contributed by atoms with Crippen LogP contribution in [-0.2, 0) is 26.0 Å². The number of hydrogen-bond donors (Lipinski definition) is 1. The first-order valence-electron chi connectivity index (χ1n) is 11.8. The number of aliphatic hydroxyl groups excluding tert-OH is 1. The number of rotatable bonds is 9. The first kappa shape index (κ1) is 24.1. The van der Waals surface area contributed by atoms with Crippen LogP contribution in [0, 0.1) is 17.2 Å². The van der Waals surface area contributed by atoms with Crippen molar-refractivity contribution in [2.24, 2.45) is 5.92 Å². The summed E-state index contributed by atoms with van der Waals surface area (Å²) in [5.74, 6) is 2.98. The number of aromatic nitrogens is 2. The van der Waals surface area contributed by atoms with Crippen LogP contribution < -0.4 is 0 Å². The highest BCUT2D eigenvalue weighted by molar-refractivity contribution is 6.30. The molecule has 0 saturated carbocycles. The highest BCUT2D eigenvalue weighted by Crippen LogP contribution is 2.37. The monoisotopic (exact) mass is 475 g/mol. The van der Waals surface area contributed by atoms with Crippen molar-refractivity contribution in [1.29, 1.82) is 5.26 Å². The van der Waals surface area contributed by atoms with E-state index >= 15 is 0 Å². The van der Waals surface area contributed by atoms with E-state index in [0.717, 1.165) is 64.9 Å².